The highest BCUT2D eigenvalue weighted by Gasteiger charge is 2.25. The zero-order valence-corrected chi connectivity index (χ0v) is 12.1. The number of fused-ring (bicyclic) bond motifs is 1. The summed E-state index contributed by atoms with van der Waals surface area (Å²) >= 11 is 0. The zero-order valence-electron chi connectivity index (χ0n) is 12.1. The smallest absolute Gasteiger partial charge is 0.338 e. The van der Waals surface area contributed by atoms with E-state index in [0.29, 0.717) is 24.8 Å². The van der Waals surface area contributed by atoms with Gasteiger partial charge in [-0.25, -0.2) is 14.8 Å². The van der Waals surface area contributed by atoms with Crippen LogP contribution >= 0.6 is 0 Å². The van der Waals surface area contributed by atoms with Gasteiger partial charge in [-0.1, -0.05) is 0 Å². The molecule has 0 spiro atoms. The Kier molecular flexibility index (Phi) is 4.21. The maximum absolute atomic E-state index is 11.5. The van der Waals surface area contributed by atoms with Gasteiger partial charge in [-0.2, -0.15) is 0 Å². The van der Waals surface area contributed by atoms with Gasteiger partial charge in [0.1, 0.15) is 13.2 Å². The van der Waals surface area contributed by atoms with Crippen LogP contribution < -0.4 is 9.47 Å². The van der Waals surface area contributed by atoms with Gasteiger partial charge in [-0.3, -0.25) is 4.79 Å². The molecule has 2 heterocycles. The van der Waals surface area contributed by atoms with Gasteiger partial charge < -0.3 is 14.2 Å². The van der Waals surface area contributed by atoms with Crippen LogP contribution in [0.5, 0.6) is 11.8 Å². The number of aromatic nitrogens is 2. The zero-order chi connectivity index (χ0) is 15.5. The molecular formula is C14H16N2O5. The summed E-state index contributed by atoms with van der Waals surface area (Å²) in [7, 11) is 0. The third-order valence-electron chi connectivity index (χ3n) is 2.48. The molecule has 1 aliphatic heterocycles. The molecule has 7 heteroatoms. The summed E-state index contributed by atoms with van der Waals surface area (Å²) in [5.74, 6) is -0.747. The molecule has 0 aliphatic carbocycles. The van der Waals surface area contributed by atoms with Crippen molar-refractivity contribution >= 4 is 18.0 Å². The molecule has 0 aromatic carbocycles. The van der Waals surface area contributed by atoms with Crippen molar-refractivity contribution in [3.63, 3.8) is 0 Å². The quantitative estimate of drug-likeness (QED) is 0.462. The Morgan fingerprint density at radius 3 is 2.57 bits per heavy atom. The molecule has 0 radical (unpaired) electrons. The van der Waals surface area contributed by atoms with E-state index in [2.05, 4.69) is 14.7 Å². The summed E-state index contributed by atoms with van der Waals surface area (Å²) in [5.41, 5.74) is -0.334. The van der Waals surface area contributed by atoms with E-state index in [1.54, 1.807) is 20.8 Å². The molecule has 0 atom stereocenters. The molecule has 0 saturated heterocycles. The molecular weight excluding hydrogens is 276 g/mol. The summed E-state index contributed by atoms with van der Waals surface area (Å²) in [4.78, 5) is 31.2. The highest BCUT2D eigenvalue weighted by molar-refractivity contribution is 5.96. The molecule has 112 valence electrons. The van der Waals surface area contributed by atoms with Crippen LogP contribution in [0.1, 0.15) is 26.5 Å². The third-order valence-corrected chi connectivity index (χ3v) is 2.48. The molecule has 21 heavy (non-hydrogen) atoms. The Morgan fingerprint density at radius 2 is 1.90 bits per heavy atom. The average molecular weight is 292 g/mol. The number of nitrogens with zero attached hydrogens (tertiary/aromatic N) is 2. The maximum Gasteiger partial charge on any atom is 0.338 e. The fourth-order valence-electron chi connectivity index (χ4n) is 1.36. The minimum absolute atomic E-state index is 0.280. The van der Waals surface area contributed by atoms with Crippen molar-refractivity contribution in [2.24, 2.45) is 5.41 Å². The summed E-state index contributed by atoms with van der Waals surface area (Å²) < 4.78 is 15.2. The number of rotatable bonds is 2. The molecule has 1 aromatic heterocycles. The van der Waals surface area contributed by atoms with Crippen LogP contribution in [-0.4, -0.2) is 35.1 Å². The monoisotopic (exact) mass is 292 g/mol. The predicted molar refractivity (Wildman–Crippen MR) is 72.6 cm³/mol. The number of carbonyl (C=O) groups excluding carboxylic acids is 2. The molecule has 0 N–H and O–H groups in total. The van der Waals surface area contributed by atoms with Crippen LogP contribution in [0.25, 0.3) is 6.08 Å². The Balaban J connectivity index is 2.01. The molecule has 0 bridgehead atoms. The van der Waals surface area contributed by atoms with Crippen molar-refractivity contribution in [1.29, 1.82) is 0 Å². The minimum Gasteiger partial charge on any atom is -0.470 e. The van der Waals surface area contributed by atoms with Crippen molar-refractivity contribution in [3.05, 3.63) is 18.0 Å². The molecule has 0 saturated carbocycles. The lowest BCUT2D eigenvalue weighted by Gasteiger charge is -2.15. The summed E-state index contributed by atoms with van der Waals surface area (Å²) in [6.45, 7) is 5.82. The molecule has 0 fully saturated rings. The lowest BCUT2D eigenvalue weighted by molar-refractivity contribution is -0.162. The molecule has 1 aliphatic rings. The van der Waals surface area contributed by atoms with Gasteiger partial charge in [0.05, 0.1) is 17.3 Å². The van der Waals surface area contributed by atoms with Crippen LogP contribution in [0.4, 0.5) is 0 Å². The lowest BCUT2D eigenvalue weighted by atomic mass is 9.97. The Bertz CT molecular complexity index is 590. The highest BCUT2D eigenvalue weighted by atomic mass is 16.6. The van der Waals surface area contributed by atoms with Gasteiger partial charge in [0.25, 0.3) is 11.8 Å². The Morgan fingerprint density at radius 1 is 1.24 bits per heavy atom. The van der Waals surface area contributed by atoms with Crippen LogP contribution in [0, 0.1) is 5.41 Å². The van der Waals surface area contributed by atoms with E-state index in [1.165, 1.54) is 12.3 Å². The third kappa shape index (κ3) is 4.01. The first-order valence-corrected chi connectivity index (χ1v) is 6.43. The van der Waals surface area contributed by atoms with Crippen molar-refractivity contribution in [2.45, 2.75) is 20.8 Å². The van der Waals surface area contributed by atoms with Crippen LogP contribution in [0.3, 0.4) is 0 Å². The van der Waals surface area contributed by atoms with E-state index in [1.807, 2.05) is 0 Å². The predicted octanol–water partition coefficient (Wildman–Crippen LogP) is 1.38. The van der Waals surface area contributed by atoms with Gasteiger partial charge in [-0.05, 0) is 26.8 Å². The van der Waals surface area contributed by atoms with Crippen molar-refractivity contribution in [2.75, 3.05) is 13.2 Å². The number of hydrogen-bond acceptors (Lipinski definition) is 7. The van der Waals surface area contributed by atoms with Gasteiger partial charge in [0.2, 0.25) is 0 Å². The van der Waals surface area contributed by atoms with E-state index < -0.39 is 17.4 Å². The fraction of sp³-hybridized carbons (Fsp3) is 0.429. The van der Waals surface area contributed by atoms with E-state index in [-0.39, 0.29) is 5.88 Å². The second-order valence-corrected chi connectivity index (χ2v) is 5.39. The first-order chi connectivity index (χ1) is 9.86. The first kappa shape index (κ1) is 15.0. The Labute approximate surface area is 121 Å². The topological polar surface area (TPSA) is 87.6 Å². The number of esters is 2. The standard InChI is InChI=1S/C14H16N2O5/c1-14(2,3)13(18)21-10(17)5-4-9-8-15-11-12(16-9)20-7-6-19-11/h4-5,8H,6-7H2,1-3H3/b5-4+. The average Bonchev–Trinajstić information content (AvgIpc) is 2.44. The second-order valence-electron chi connectivity index (χ2n) is 5.39. The molecule has 2 rings (SSSR count). The SMILES string of the molecule is CC(C)(C)C(=O)OC(=O)/C=C/c1cnc2c(n1)OCCO2. The van der Waals surface area contributed by atoms with Crippen LogP contribution in [0.2, 0.25) is 0 Å². The number of hydrogen-bond donors (Lipinski definition) is 0. The molecule has 0 unspecified atom stereocenters. The number of carbonyl (C=O) groups is 2. The van der Waals surface area contributed by atoms with E-state index in [0.717, 1.165) is 6.08 Å². The Hall–Kier alpha value is -2.44. The van der Waals surface area contributed by atoms with Gasteiger partial charge in [0, 0.05) is 6.08 Å². The maximum atomic E-state index is 11.5. The molecule has 1 aromatic rings. The van der Waals surface area contributed by atoms with Crippen molar-refractivity contribution in [3.8, 4) is 11.8 Å². The van der Waals surface area contributed by atoms with E-state index >= 15 is 0 Å². The van der Waals surface area contributed by atoms with Crippen molar-refractivity contribution < 1.29 is 23.8 Å². The number of ether oxygens (including phenoxy) is 3. The van der Waals surface area contributed by atoms with Crippen molar-refractivity contribution in [1.82, 2.24) is 9.97 Å². The summed E-state index contributed by atoms with van der Waals surface area (Å²) in [6.07, 6.45) is 3.94. The van der Waals surface area contributed by atoms with E-state index in [9.17, 15) is 9.59 Å². The first-order valence-electron chi connectivity index (χ1n) is 6.43. The normalized spacial score (nSPS) is 14.0. The van der Waals surface area contributed by atoms with E-state index in [4.69, 9.17) is 9.47 Å². The van der Waals surface area contributed by atoms with Gasteiger partial charge in [0.15, 0.2) is 0 Å². The van der Waals surface area contributed by atoms with Crippen LogP contribution in [-0.2, 0) is 14.3 Å². The van der Waals surface area contributed by atoms with Gasteiger partial charge in [-0.15, -0.1) is 0 Å². The van der Waals surface area contributed by atoms with Crippen LogP contribution in [0.15, 0.2) is 12.3 Å². The molecule has 7 nitrogen and oxygen atoms in total. The second kappa shape index (κ2) is 5.90. The minimum atomic E-state index is -0.758. The largest absolute Gasteiger partial charge is 0.470 e. The fourth-order valence-corrected chi connectivity index (χ4v) is 1.36. The van der Waals surface area contributed by atoms with Gasteiger partial charge >= 0.3 is 11.9 Å². The highest BCUT2D eigenvalue weighted by Crippen LogP contribution is 2.24. The summed E-state index contributed by atoms with van der Waals surface area (Å²) in [5, 5.41) is 0. The lowest BCUT2D eigenvalue weighted by Crippen LogP contribution is -2.25. The molecule has 0 amide bonds. The summed E-state index contributed by atoms with van der Waals surface area (Å²) in [6, 6.07) is 0.